The minimum Gasteiger partial charge on any atom is -0.487 e. The molecule has 2 aromatic rings. The number of ether oxygens (including phenoxy) is 1. The molecule has 0 spiro atoms. The van der Waals surface area contributed by atoms with Gasteiger partial charge in [0.25, 0.3) is 0 Å². The van der Waals surface area contributed by atoms with E-state index in [0.717, 1.165) is 5.56 Å². The largest absolute Gasteiger partial charge is 0.487 e. The first-order chi connectivity index (χ1) is 9.00. The lowest BCUT2D eigenvalue weighted by Crippen LogP contribution is -2.29. The maximum atomic E-state index is 13.8. The number of benzene rings is 2. The van der Waals surface area contributed by atoms with Gasteiger partial charge in [0.1, 0.15) is 12.2 Å². The van der Waals surface area contributed by atoms with E-state index in [1.807, 2.05) is 30.3 Å². The molecular weight excluding hydrogens is 243 g/mol. The van der Waals surface area contributed by atoms with Crippen LogP contribution in [0.25, 0.3) is 0 Å². The predicted molar refractivity (Wildman–Crippen MR) is 72.6 cm³/mol. The van der Waals surface area contributed by atoms with Crippen LogP contribution in [0.1, 0.15) is 18.1 Å². The molecule has 0 saturated heterocycles. The summed E-state index contributed by atoms with van der Waals surface area (Å²) in [7, 11) is 0. The van der Waals surface area contributed by atoms with E-state index in [9.17, 15) is 9.50 Å². The highest BCUT2D eigenvalue weighted by molar-refractivity contribution is 5.30. The molecule has 2 rings (SSSR count). The van der Waals surface area contributed by atoms with Gasteiger partial charge in [0.15, 0.2) is 11.6 Å². The lowest BCUT2D eigenvalue weighted by Gasteiger charge is -2.24. The monoisotopic (exact) mass is 260 g/mol. The summed E-state index contributed by atoms with van der Waals surface area (Å²) in [5.74, 6) is -0.220. The van der Waals surface area contributed by atoms with Crippen LogP contribution >= 0.6 is 0 Å². The smallest absolute Gasteiger partial charge is 0.167 e. The molecule has 1 N–H and O–H groups in total. The summed E-state index contributed by atoms with van der Waals surface area (Å²) < 4.78 is 19.2. The van der Waals surface area contributed by atoms with Gasteiger partial charge in [-0.1, -0.05) is 42.5 Å². The number of aliphatic hydroxyl groups is 1. The van der Waals surface area contributed by atoms with E-state index in [4.69, 9.17) is 4.74 Å². The average Bonchev–Trinajstić information content (AvgIpc) is 2.41. The Morgan fingerprint density at radius 1 is 1.11 bits per heavy atom. The van der Waals surface area contributed by atoms with Gasteiger partial charge in [-0.05, 0) is 31.0 Å². The molecule has 1 unspecified atom stereocenters. The molecule has 0 aromatic heterocycles. The molecule has 0 fully saturated rings. The zero-order chi connectivity index (χ0) is 13.9. The van der Waals surface area contributed by atoms with Crippen molar-refractivity contribution in [2.45, 2.75) is 19.4 Å². The average molecular weight is 260 g/mol. The van der Waals surface area contributed by atoms with Crippen LogP contribution in [0.2, 0.25) is 0 Å². The Morgan fingerprint density at radius 2 is 1.79 bits per heavy atom. The number of aryl methyl sites for hydroxylation is 1. The molecule has 2 nitrogen and oxygen atoms in total. The normalized spacial score (nSPS) is 13.9. The highest BCUT2D eigenvalue weighted by Crippen LogP contribution is 2.24. The van der Waals surface area contributed by atoms with Crippen molar-refractivity contribution in [3.8, 4) is 5.75 Å². The van der Waals surface area contributed by atoms with Crippen molar-refractivity contribution < 1.29 is 14.2 Å². The number of hydrogen-bond acceptors (Lipinski definition) is 2. The van der Waals surface area contributed by atoms with Gasteiger partial charge >= 0.3 is 0 Å². The second-order valence-electron chi connectivity index (χ2n) is 4.82. The maximum absolute atomic E-state index is 13.8. The van der Waals surface area contributed by atoms with E-state index in [1.54, 1.807) is 32.0 Å². The van der Waals surface area contributed by atoms with E-state index in [-0.39, 0.29) is 18.2 Å². The Labute approximate surface area is 112 Å². The first-order valence-corrected chi connectivity index (χ1v) is 6.16. The molecule has 0 aliphatic heterocycles. The molecular formula is C16H17FO2. The van der Waals surface area contributed by atoms with Crippen molar-refractivity contribution in [1.29, 1.82) is 0 Å². The van der Waals surface area contributed by atoms with Gasteiger partial charge in [-0.15, -0.1) is 0 Å². The molecule has 1 atom stereocenters. The summed E-state index contributed by atoms with van der Waals surface area (Å²) in [4.78, 5) is 0. The molecule has 19 heavy (non-hydrogen) atoms. The van der Waals surface area contributed by atoms with E-state index in [2.05, 4.69) is 0 Å². The van der Waals surface area contributed by atoms with E-state index < -0.39 is 5.60 Å². The van der Waals surface area contributed by atoms with E-state index >= 15 is 0 Å². The van der Waals surface area contributed by atoms with Gasteiger partial charge < -0.3 is 9.84 Å². The molecule has 0 radical (unpaired) electrons. The Bertz CT molecular complexity index is 550. The maximum Gasteiger partial charge on any atom is 0.167 e. The Kier molecular flexibility index (Phi) is 3.86. The van der Waals surface area contributed by atoms with Crippen molar-refractivity contribution in [2.24, 2.45) is 0 Å². The summed E-state index contributed by atoms with van der Waals surface area (Å²) in [6.07, 6.45) is 0. The van der Waals surface area contributed by atoms with Gasteiger partial charge in [0.2, 0.25) is 0 Å². The standard InChI is InChI=1S/C16H17FO2/c1-12-7-6-10-14(15(12)17)19-11-16(2,18)13-8-4-3-5-9-13/h3-10,18H,11H2,1-2H3. The van der Waals surface area contributed by atoms with Gasteiger partial charge in [-0.25, -0.2) is 4.39 Å². The SMILES string of the molecule is Cc1cccc(OCC(C)(O)c2ccccc2)c1F. The second kappa shape index (κ2) is 5.41. The fourth-order valence-corrected chi connectivity index (χ4v) is 1.83. The Morgan fingerprint density at radius 3 is 2.47 bits per heavy atom. The first kappa shape index (κ1) is 13.6. The second-order valence-corrected chi connectivity index (χ2v) is 4.82. The topological polar surface area (TPSA) is 29.5 Å². The molecule has 0 aliphatic carbocycles. The summed E-state index contributed by atoms with van der Waals surface area (Å²) in [6, 6.07) is 14.2. The minimum atomic E-state index is -1.16. The van der Waals surface area contributed by atoms with Gasteiger partial charge in [0, 0.05) is 0 Å². The van der Waals surface area contributed by atoms with Crippen LogP contribution in [-0.2, 0) is 5.60 Å². The van der Waals surface area contributed by atoms with Gasteiger partial charge in [-0.3, -0.25) is 0 Å². The van der Waals surface area contributed by atoms with E-state index in [0.29, 0.717) is 5.56 Å². The fourth-order valence-electron chi connectivity index (χ4n) is 1.83. The lowest BCUT2D eigenvalue weighted by atomic mass is 9.97. The van der Waals surface area contributed by atoms with Crippen molar-refractivity contribution in [3.05, 3.63) is 65.5 Å². The summed E-state index contributed by atoms with van der Waals surface area (Å²) >= 11 is 0. The molecule has 0 heterocycles. The Balaban J connectivity index is 2.12. The van der Waals surface area contributed by atoms with Gasteiger partial charge in [-0.2, -0.15) is 0 Å². The minimum absolute atomic E-state index is 0.00259. The highest BCUT2D eigenvalue weighted by atomic mass is 19.1. The quantitative estimate of drug-likeness (QED) is 0.912. The third kappa shape index (κ3) is 3.12. The number of rotatable bonds is 4. The van der Waals surface area contributed by atoms with Crippen LogP contribution in [-0.4, -0.2) is 11.7 Å². The van der Waals surface area contributed by atoms with Crippen LogP contribution in [0.15, 0.2) is 48.5 Å². The van der Waals surface area contributed by atoms with Crippen molar-refractivity contribution in [2.75, 3.05) is 6.61 Å². The highest BCUT2D eigenvalue weighted by Gasteiger charge is 2.24. The van der Waals surface area contributed by atoms with Crippen LogP contribution in [0, 0.1) is 12.7 Å². The molecule has 100 valence electrons. The fraction of sp³-hybridized carbons (Fsp3) is 0.250. The molecule has 0 amide bonds. The Hall–Kier alpha value is -1.87. The summed E-state index contributed by atoms with van der Waals surface area (Å²) in [6.45, 7) is 3.32. The van der Waals surface area contributed by atoms with Crippen LogP contribution in [0.4, 0.5) is 4.39 Å². The van der Waals surface area contributed by atoms with Crippen molar-refractivity contribution in [1.82, 2.24) is 0 Å². The lowest BCUT2D eigenvalue weighted by molar-refractivity contribution is 0.00639. The first-order valence-electron chi connectivity index (χ1n) is 6.16. The third-order valence-corrected chi connectivity index (χ3v) is 3.06. The van der Waals surface area contributed by atoms with E-state index in [1.165, 1.54) is 0 Å². The summed E-state index contributed by atoms with van der Waals surface area (Å²) in [5.41, 5.74) is 0.108. The number of hydrogen-bond donors (Lipinski definition) is 1. The molecule has 0 saturated carbocycles. The van der Waals surface area contributed by atoms with Crippen LogP contribution < -0.4 is 4.74 Å². The molecule has 3 heteroatoms. The number of halogens is 1. The van der Waals surface area contributed by atoms with Gasteiger partial charge in [0.05, 0.1) is 0 Å². The zero-order valence-corrected chi connectivity index (χ0v) is 11.1. The zero-order valence-electron chi connectivity index (χ0n) is 11.1. The van der Waals surface area contributed by atoms with Crippen molar-refractivity contribution >= 4 is 0 Å². The predicted octanol–water partition coefficient (Wildman–Crippen LogP) is 3.42. The molecule has 0 aliphatic rings. The van der Waals surface area contributed by atoms with Crippen LogP contribution in [0.3, 0.4) is 0 Å². The van der Waals surface area contributed by atoms with Crippen LogP contribution in [0.5, 0.6) is 5.75 Å². The molecule has 0 bridgehead atoms. The van der Waals surface area contributed by atoms with Crippen molar-refractivity contribution in [3.63, 3.8) is 0 Å². The third-order valence-electron chi connectivity index (χ3n) is 3.06. The summed E-state index contributed by atoms with van der Waals surface area (Å²) in [5, 5.41) is 10.4. The molecule has 2 aromatic carbocycles.